The van der Waals surface area contributed by atoms with Crippen molar-refractivity contribution in [3.63, 3.8) is 0 Å². The van der Waals surface area contributed by atoms with E-state index in [9.17, 15) is 9.50 Å². The van der Waals surface area contributed by atoms with E-state index in [1.165, 1.54) is 18.5 Å². The molecule has 30 heavy (non-hydrogen) atoms. The van der Waals surface area contributed by atoms with Crippen molar-refractivity contribution in [2.24, 2.45) is 0 Å². The average molecular weight is 400 g/mol. The number of benzene rings is 2. The summed E-state index contributed by atoms with van der Waals surface area (Å²) in [5.74, 6) is 1.41. The Balaban J connectivity index is 1.60. The zero-order chi connectivity index (χ0) is 20.2. The average Bonchev–Trinajstić information content (AvgIpc) is 3.42. The largest absolute Gasteiger partial charge is 0.508 e. The molecule has 0 aliphatic carbocycles. The Morgan fingerprint density at radius 3 is 2.73 bits per heavy atom. The second-order valence-electron chi connectivity index (χ2n) is 6.95. The molecule has 2 aromatic carbocycles. The van der Waals surface area contributed by atoms with E-state index in [1.807, 2.05) is 12.1 Å². The SMILES string of the molecule is Oc1ccc2c(c1)Oc1ncn3nc(-c4ccc(F)cc4)nc3c1[C@@H]2c1ccco1. The van der Waals surface area contributed by atoms with Gasteiger partial charge in [-0.1, -0.05) is 6.07 Å². The van der Waals surface area contributed by atoms with Crippen LogP contribution in [0.25, 0.3) is 17.0 Å². The molecule has 8 heteroatoms. The molecule has 1 aliphatic heterocycles. The standard InChI is InChI=1S/C22H13FN4O3/c23-13-5-3-12(4-6-13)20-25-21-19-18(16-2-1-9-29-16)15-8-7-14(28)10-17(15)30-22(19)24-11-27(21)26-20/h1-11,18,28H/t18-/m0/s1. The molecule has 0 spiro atoms. The Kier molecular flexibility index (Phi) is 3.43. The summed E-state index contributed by atoms with van der Waals surface area (Å²) in [4.78, 5) is 9.11. The predicted octanol–water partition coefficient (Wildman–Crippen LogP) is 4.51. The highest BCUT2D eigenvalue weighted by Gasteiger charge is 2.35. The minimum absolute atomic E-state index is 0.0950. The first-order valence-electron chi connectivity index (χ1n) is 9.23. The second kappa shape index (κ2) is 6.15. The number of phenolic OH excluding ortho intramolecular Hbond substituents is 1. The monoisotopic (exact) mass is 400 g/mol. The lowest BCUT2D eigenvalue weighted by atomic mass is 9.87. The molecule has 0 saturated carbocycles. The molecule has 1 atom stereocenters. The van der Waals surface area contributed by atoms with E-state index in [0.717, 1.165) is 5.56 Å². The third-order valence-corrected chi connectivity index (χ3v) is 5.12. The van der Waals surface area contributed by atoms with Gasteiger partial charge in [-0.25, -0.2) is 18.9 Å². The van der Waals surface area contributed by atoms with Crippen molar-refractivity contribution < 1.29 is 18.7 Å². The maximum absolute atomic E-state index is 13.3. The van der Waals surface area contributed by atoms with Crippen LogP contribution in [-0.2, 0) is 0 Å². The molecular weight excluding hydrogens is 387 g/mol. The fourth-order valence-electron chi connectivity index (χ4n) is 3.78. The molecule has 6 rings (SSSR count). The van der Waals surface area contributed by atoms with Gasteiger partial charge in [0.05, 0.1) is 17.7 Å². The smallest absolute Gasteiger partial charge is 0.228 e. The molecule has 146 valence electrons. The molecule has 0 saturated heterocycles. The summed E-state index contributed by atoms with van der Waals surface area (Å²) in [6.45, 7) is 0. The molecule has 3 aromatic heterocycles. The second-order valence-corrected chi connectivity index (χ2v) is 6.95. The fourth-order valence-corrected chi connectivity index (χ4v) is 3.78. The van der Waals surface area contributed by atoms with Crippen LogP contribution in [0.5, 0.6) is 17.4 Å². The van der Waals surface area contributed by atoms with Crippen LogP contribution in [0.15, 0.2) is 71.6 Å². The van der Waals surface area contributed by atoms with Gasteiger partial charge in [-0.3, -0.25) is 0 Å². The topological polar surface area (TPSA) is 85.7 Å². The number of fused-ring (bicyclic) bond motifs is 4. The number of ether oxygens (including phenoxy) is 1. The van der Waals surface area contributed by atoms with Crippen LogP contribution in [0.4, 0.5) is 4.39 Å². The third-order valence-electron chi connectivity index (χ3n) is 5.12. The van der Waals surface area contributed by atoms with Gasteiger partial charge in [-0.05, 0) is 42.5 Å². The summed E-state index contributed by atoms with van der Waals surface area (Å²) in [6, 6.07) is 14.6. The van der Waals surface area contributed by atoms with E-state index in [4.69, 9.17) is 14.1 Å². The van der Waals surface area contributed by atoms with E-state index in [1.54, 1.807) is 41.1 Å². The molecule has 7 nitrogen and oxygen atoms in total. The number of aromatic nitrogens is 4. The van der Waals surface area contributed by atoms with Crippen LogP contribution in [0, 0.1) is 5.82 Å². The summed E-state index contributed by atoms with van der Waals surface area (Å²) in [7, 11) is 0. The maximum Gasteiger partial charge on any atom is 0.228 e. The van der Waals surface area contributed by atoms with E-state index in [0.29, 0.717) is 40.0 Å². The minimum Gasteiger partial charge on any atom is -0.508 e. The molecule has 1 N–H and O–H groups in total. The number of furan rings is 1. The van der Waals surface area contributed by atoms with Gasteiger partial charge < -0.3 is 14.3 Å². The van der Waals surface area contributed by atoms with Crippen LogP contribution in [-0.4, -0.2) is 24.7 Å². The molecule has 4 heterocycles. The number of hydrogen-bond acceptors (Lipinski definition) is 6. The number of aromatic hydroxyl groups is 1. The Bertz CT molecular complexity index is 1390. The first-order valence-corrected chi connectivity index (χ1v) is 9.23. The molecule has 0 fully saturated rings. The van der Waals surface area contributed by atoms with Crippen LogP contribution in [0.3, 0.4) is 0 Å². The fraction of sp³-hybridized carbons (Fsp3) is 0.0455. The van der Waals surface area contributed by atoms with Gasteiger partial charge >= 0.3 is 0 Å². The lowest BCUT2D eigenvalue weighted by Crippen LogP contribution is -2.14. The van der Waals surface area contributed by atoms with Gasteiger partial charge in [0.25, 0.3) is 0 Å². The van der Waals surface area contributed by atoms with Gasteiger partial charge in [0, 0.05) is 17.2 Å². The summed E-state index contributed by atoms with van der Waals surface area (Å²) in [5.41, 5.74) is 2.76. The summed E-state index contributed by atoms with van der Waals surface area (Å²) >= 11 is 0. The first-order chi connectivity index (χ1) is 14.7. The molecule has 0 amide bonds. The molecule has 0 bridgehead atoms. The van der Waals surface area contributed by atoms with Crippen molar-refractivity contribution in [1.29, 1.82) is 0 Å². The Labute approximate surface area is 169 Å². The molecule has 0 radical (unpaired) electrons. The predicted molar refractivity (Wildman–Crippen MR) is 104 cm³/mol. The van der Waals surface area contributed by atoms with Crippen molar-refractivity contribution in [2.75, 3.05) is 0 Å². The van der Waals surface area contributed by atoms with Gasteiger partial charge in [-0.2, -0.15) is 0 Å². The van der Waals surface area contributed by atoms with Crippen molar-refractivity contribution in [3.05, 3.63) is 89.9 Å². The summed E-state index contributed by atoms with van der Waals surface area (Å²) in [5, 5.41) is 14.4. The van der Waals surface area contributed by atoms with Crippen LogP contribution in [0.1, 0.15) is 22.8 Å². The van der Waals surface area contributed by atoms with Crippen molar-refractivity contribution in [1.82, 2.24) is 19.6 Å². The quantitative estimate of drug-likeness (QED) is 0.460. The van der Waals surface area contributed by atoms with Crippen molar-refractivity contribution >= 4 is 5.65 Å². The number of rotatable bonds is 2. The highest BCUT2D eigenvalue weighted by atomic mass is 19.1. The molecule has 1 aliphatic rings. The van der Waals surface area contributed by atoms with Crippen molar-refractivity contribution in [2.45, 2.75) is 5.92 Å². The lowest BCUT2D eigenvalue weighted by Gasteiger charge is -2.26. The first kappa shape index (κ1) is 16.7. The Hall–Kier alpha value is -4.20. The minimum atomic E-state index is -0.346. The summed E-state index contributed by atoms with van der Waals surface area (Å²) < 4.78 is 26.6. The van der Waals surface area contributed by atoms with E-state index >= 15 is 0 Å². The zero-order valence-corrected chi connectivity index (χ0v) is 15.4. The van der Waals surface area contributed by atoms with Gasteiger partial charge in [0.15, 0.2) is 11.5 Å². The highest BCUT2D eigenvalue weighted by molar-refractivity contribution is 5.68. The normalized spacial score (nSPS) is 14.9. The van der Waals surface area contributed by atoms with Gasteiger partial charge in [-0.15, -0.1) is 5.10 Å². The highest BCUT2D eigenvalue weighted by Crippen LogP contribution is 2.48. The zero-order valence-electron chi connectivity index (χ0n) is 15.4. The van der Waals surface area contributed by atoms with Crippen LogP contribution >= 0.6 is 0 Å². The Morgan fingerprint density at radius 1 is 1.07 bits per heavy atom. The molecule has 5 aromatic rings. The van der Waals surface area contributed by atoms with Crippen LogP contribution in [0.2, 0.25) is 0 Å². The maximum atomic E-state index is 13.3. The number of halogens is 1. The number of phenols is 1. The Morgan fingerprint density at radius 2 is 1.93 bits per heavy atom. The molecular formula is C22H13FN4O3. The number of nitrogens with zero attached hydrogens (tertiary/aromatic N) is 4. The summed E-state index contributed by atoms with van der Waals surface area (Å²) in [6.07, 6.45) is 3.12. The van der Waals surface area contributed by atoms with E-state index < -0.39 is 0 Å². The number of hydrogen-bond donors (Lipinski definition) is 1. The van der Waals surface area contributed by atoms with Crippen molar-refractivity contribution in [3.8, 4) is 28.8 Å². The van der Waals surface area contributed by atoms with Crippen LogP contribution < -0.4 is 4.74 Å². The third kappa shape index (κ3) is 2.47. The van der Waals surface area contributed by atoms with E-state index in [-0.39, 0.29) is 17.5 Å². The molecule has 0 unspecified atom stereocenters. The van der Waals surface area contributed by atoms with Gasteiger partial charge in [0.2, 0.25) is 5.88 Å². The van der Waals surface area contributed by atoms with Gasteiger partial charge in [0.1, 0.15) is 29.4 Å². The van der Waals surface area contributed by atoms with E-state index in [2.05, 4.69) is 10.1 Å². The lowest BCUT2D eigenvalue weighted by molar-refractivity contribution is 0.409.